The van der Waals surface area contributed by atoms with Crippen molar-refractivity contribution in [2.45, 2.75) is 18.6 Å². The highest BCUT2D eigenvalue weighted by atomic mass is 79.9. The van der Waals surface area contributed by atoms with Gasteiger partial charge in [0.15, 0.2) is 0 Å². The second kappa shape index (κ2) is 5.76. The summed E-state index contributed by atoms with van der Waals surface area (Å²) in [5.41, 5.74) is 2.31. The molecule has 2 unspecified atom stereocenters. The fraction of sp³-hybridized carbons (Fsp3) is 0.250. The number of ether oxygens (including phenoxy) is 1. The van der Waals surface area contributed by atoms with Crippen molar-refractivity contribution < 1.29 is 4.74 Å². The molecule has 104 valence electrons. The highest BCUT2D eigenvalue weighted by molar-refractivity contribution is 9.10. The van der Waals surface area contributed by atoms with Crippen LogP contribution in [0.3, 0.4) is 0 Å². The summed E-state index contributed by atoms with van der Waals surface area (Å²) < 4.78 is 7.21. The molecule has 0 saturated carbocycles. The Bertz CT molecular complexity index is 632. The van der Waals surface area contributed by atoms with Crippen molar-refractivity contribution in [2.24, 2.45) is 0 Å². The van der Waals surface area contributed by atoms with Gasteiger partial charge in [-0.05, 0) is 42.9 Å². The minimum absolute atomic E-state index is 0.0543. The third-order valence-corrected chi connectivity index (χ3v) is 4.36. The van der Waals surface area contributed by atoms with Crippen molar-refractivity contribution in [1.29, 1.82) is 0 Å². The van der Waals surface area contributed by atoms with Crippen LogP contribution in [0.5, 0.6) is 5.75 Å². The van der Waals surface area contributed by atoms with Crippen LogP contribution in [0, 0.1) is 0 Å². The minimum Gasteiger partial charge on any atom is -0.485 e. The van der Waals surface area contributed by atoms with Crippen molar-refractivity contribution in [3.8, 4) is 5.75 Å². The molecule has 2 aromatic carbocycles. The predicted molar refractivity (Wildman–Crippen MR) is 85.4 cm³/mol. The lowest BCUT2D eigenvalue weighted by atomic mass is 9.93. The lowest BCUT2D eigenvalue weighted by molar-refractivity contribution is 0.154. The molecule has 0 spiro atoms. The molecule has 2 nitrogen and oxygen atoms in total. The Kier molecular flexibility index (Phi) is 4.01. The summed E-state index contributed by atoms with van der Waals surface area (Å²) >= 11 is 9.60. The van der Waals surface area contributed by atoms with Gasteiger partial charge < -0.3 is 10.1 Å². The van der Waals surface area contributed by atoms with Crippen LogP contribution < -0.4 is 10.1 Å². The van der Waals surface area contributed by atoms with E-state index in [1.165, 1.54) is 5.56 Å². The smallest absolute Gasteiger partial charge is 0.126 e. The van der Waals surface area contributed by atoms with Crippen molar-refractivity contribution in [3.05, 3.63) is 63.1 Å². The van der Waals surface area contributed by atoms with E-state index < -0.39 is 0 Å². The first kappa shape index (κ1) is 13.9. The van der Waals surface area contributed by atoms with E-state index >= 15 is 0 Å². The number of hydrogen-bond donors (Lipinski definition) is 1. The molecule has 4 heteroatoms. The van der Waals surface area contributed by atoms with Gasteiger partial charge in [-0.15, -0.1) is 0 Å². The monoisotopic (exact) mass is 351 g/mol. The van der Waals surface area contributed by atoms with Gasteiger partial charge in [-0.25, -0.2) is 0 Å². The molecule has 0 fully saturated rings. The lowest BCUT2D eigenvalue weighted by Gasteiger charge is -2.32. The Labute approximate surface area is 132 Å². The van der Waals surface area contributed by atoms with Crippen molar-refractivity contribution >= 4 is 27.5 Å². The van der Waals surface area contributed by atoms with Gasteiger partial charge in [0.2, 0.25) is 0 Å². The molecule has 0 radical (unpaired) electrons. The maximum absolute atomic E-state index is 6.14. The van der Waals surface area contributed by atoms with Gasteiger partial charge in [-0.1, -0.05) is 39.7 Å². The average Bonchev–Trinajstić information content (AvgIpc) is 2.46. The van der Waals surface area contributed by atoms with E-state index in [-0.39, 0.29) is 12.1 Å². The van der Waals surface area contributed by atoms with E-state index in [4.69, 9.17) is 16.3 Å². The number of rotatable bonds is 2. The Morgan fingerprint density at radius 3 is 2.85 bits per heavy atom. The summed E-state index contributed by atoms with van der Waals surface area (Å²) in [5, 5.41) is 4.10. The van der Waals surface area contributed by atoms with E-state index in [1.54, 1.807) is 0 Å². The maximum Gasteiger partial charge on any atom is 0.126 e. The zero-order valence-corrected chi connectivity index (χ0v) is 13.4. The molecule has 0 amide bonds. The van der Waals surface area contributed by atoms with Crippen molar-refractivity contribution in [2.75, 3.05) is 7.05 Å². The molecule has 0 bridgehead atoms. The van der Waals surface area contributed by atoms with E-state index in [9.17, 15) is 0 Å². The van der Waals surface area contributed by atoms with Crippen molar-refractivity contribution in [1.82, 2.24) is 5.32 Å². The zero-order chi connectivity index (χ0) is 14.1. The Hall–Kier alpha value is -1.03. The summed E-state index contributed by atoms with van der Waals surface area (Å²) in [6.07, 6.45) is 0.943. The number of halogens is 2. The summed E-state index contributed by atoms with van der Waals surface area (Å²) in [4.78, 5) is 0. The molecule has 1 aliphatic rings. The maximum atomic E-state index is 6.14. The summed E-state index contributed by atoms with van der Waals surface area (Å²) in [5.74, 6) is 0.907. The van der Waals surface area contributed by atoms with Crippen LogP contribution in [0.1, 0.15) is 29.7 Å². The normalized spacial score (nSPS) is 21.1. The van der Waals surface area contributed by atoms with Gasteiger partial charge in [0, 0.05) is 27.5 Å². The van der Waals surface area contributed by atoms with E-state index in [0.29, 0.717) is 0 Å². The number of benzene rings is 2. The van der Waals surface area contributed by atoms with Crippen molar-refractivity contribution in [3.63, 3.8) is 0 Å². The van der Waals surface area contributed by atoms with E-state index in [2.05, 4.69) is 33.4 Å². The topological polar surface area (TPSA) is 21.3 Å². The first-order valence-electron chi connectivity index (χ1n) is 6.56. The molecule has 3 rings (SSSR count). The third kappa shape index (κ3) is 2.71. The Morgan fingerprint density at radius 2 is 2.10 bits per heavy atom. The molecule has 0 aromatic heterocycles. The predicted octanol–water partition coefficient (Wildman–Crippen LogP) is 4.89. The van der Waals surface area contributed by atoms with Crippen LogP contribution in [0.25, 0.3) is 0 Å². The van der Waals surface area contributed by atoms with Gasteiger partial charge in [0.25, 0.3) is 0 Å². The van der Waals surface area contributed by atoms with Crippen LogP contribution in [0.2, 0.25) is 5.02 Å². The molecule has 1 N–H and O–H groups in total. The van der Waals surface area contributed by atoms with Gasteiger partial charge in [-0.2, -0.15) is 0 Å². The van der Waals surface area contributed by atoms with E-state index in [0.717, 1.165) is 27.2 Å². The van der Waals surface area contributed by atoms with Crippen LogP contribution in [0.4, 0.5) is 0 Å². The Balaban J connectivity index is 1.96. The van der Waals surface area contributed by atoms with Crippen LogP contribution in [-0.4, -0.2) is 7.05 Å². The standard InChI is InChI=1S/C16H15BrClNO/c1-19-14-9-16(10-3-2-4-11(17)7-10)20-15-6-5-12(18)8-13(14)15/h2-8,14,16,19H,9H2,1H3. The summed E-state index contributed by atoms with van der Waals surface area (Å²) in [6.45, 7) is 0. The molecule has 0 aliphatic carbocycles. The van der Waals surface area contributed by atoms with Gasteiger partial charge in [0.1, 0.15) is 11.9 Å². The highest BCUT2D eigenvalue weighted by Gasteiger charge is 2.28. The highest BCUT2D eigenvalue weighted by Crippen LogP contribution is 2.41. The SMILES string of the molecule is CNC1CC(c2cccc(Br)c2)Oc2ccc(Cl)cc21. The van der Waals surface area contributed by atoms with Crippen LogP contribution in [0.15, 0.2) is 46.9 Å². The molecule has 2 aromatic rings. The van der Waals surface area contributed by atoms with Gasteiger partial charge in [0.05, 0.1) is 0 Å². The molecule has 0 saturated heterocycles. The fourth-order valence-electron chi connectivity index (χ4n) is 2.63. The largest absolute Gasteiger partial charge is 0.485 e. The number of fused-ring (bicyclic) bond motifs is 1. The Morgan fingerprint density at radius 1 is 1.25 bits per heavy atom. The molecule has 20 heavy (non-hydrogen) atoms. The zero-order valence-electron chi connectivity index (χ0n) is 11.1. The molecule has 1 heterocycles. The number of hydrogen-bond acceptors (Lipinski definition) is 2. The van der Waals surface area contributed by atoms with Crippen LogP contribution in [-0.2, 0) is 0 Å². The fourth-order valence-corrected chi connectivity index (χ4v) is 3.22. The second-order valence-corrected chi connectivity index (χ2v) is 6.27. The minimum atomic E-state index is 0.0543. The van der Waals surface area contributed by atoms with Gasteiger partial charge in [-0.3, -0.25) is 0 Å². The molecule has 1 aliphatic heterocycles. The second-order valence-electron chi connectivity index (χ2n) is 4.92. The first-order chi connectivity index (χ1) is 9.67. The van der Waals surface area contributed by atoms with Gasteiger partial charge >= 0.3 is 0 Å². The average molecular weight is 353 g/mol. The quantitative estimate of drug-likeness (QED) is 0.831. The third-order valence-electron chi connectivity index (χ3n) is 3.64. The molecule has 2 atom stereocenters. The molecular weight excluding hydrogens is 338 g/mol. The first-order valence-corrected chi connectivity index (χ1v) is 7.73. The van der Waals surface area contributed by atoms with E-state index in [1.807, 2.05) is 37.4 Å². The lowest BCUT2D eigenvalue weighted by Crippen LogP contribution is -2.26. The summed E-state index contributed by atoms with van der Waals surface area (Å²) in [6, 6.07) is 14.3. The summed E-state index contributed by atoms with van der Waals surface area (Å²) in [7, 11) is 1.97. The number of nitrogens with one attached hydrogen (secondary N) is 1. The van der Waals surface area contributed by atoms with Crippen LogP contribution >= 0.6 is 27.5 Å². The molecular formula is C16H15BrClNO.